The smallest absolute Gasteiger partial charge is 0.226 e. The predicted octanol–water partition coefficient (Wildman–Crippen LogP) is 4.44. The predicted molar refractivity (Wildman–Crippen MR) is 129 cm³/mol. The molecule has 8 nitrogen and oxygen atoms in total. The van der Waals surface area contributed by atoms with Gasteiger partial charge in [-0.2, -0.15) is 9.97 Å². The summed E-state index contributed by atoms with van der Waals surface area (Å²) in [4.78, 5) is 16.5. The topological polar surface area (TPSA) is 80.1 Å². The molecule has 4 rings (SSSR count). The summed E-state index contributed by atoms with van der Waals surface area (Å²) in [6.45, 7) is 12.0. The van der Waals surface area contributed by atoms with Crippen molar-refractivity contribution in [3.05, 3.63) is 48.4 Å². The normalized spacial score (nSPS) is 13.9. The van der Waals surface area contributed by atoms with Gasteiger partial charge in [-0.25, -0.2) is 4.98 Å². The van der Waals surface area contributed by atoms with E-state index < -0.39 is 0 Å². The quantitative estimate of drug-likeness (QED) is 0.456. The van der Waals surface area contributed by atoms with E-state index in [-0.39, 0.29) is 6.04 Å². The van der Waals surface area contributed by atoms with E-state index in [1.807, 2.05) is 30.6 Å². The summed E-state index contributed by atoms with van der Waals surface area (Å²) in [5.41, 5.74) is 4.02. The lowest BCUT2D eigenvalue weighted by molar-refractivity contribution is 0.391. The van der Waals surface area contributed by atoms with Gasteiger partial charge in [-0.05, 0) is 50.8 Å². The number of anilines is 2. The Bertz CT molecular complexity index is 1060. The standard InChI is InChI=1S/C24H33N7O/c1-17(2)31-16-27-21-22(26-15-19-8-10-20(32-4)11-9-19)28-24(29-23(21)31)25-12-6-14-30-13-5-7-18(30)3/h8-11,16-17H,3,5-7,12-15H2,1-2,4H3,(H2,25,26,28,29). The van der Waals surface area contributed by atoms with Gasteiger partial charge in [0.05, 0.1) is 13.4 Å². The number of methoxy groups -OCH3 is 1. The Hall–Kier alpha value is -3.29. The molecule has 1 aromatic carbocycles. The molecule has 170 valence electrons. The Kier molecular flexibility index (Phi) is 6.78. The Morgan fingerprint density at radius 1 is 1.16 bits per heavy atom. The minimum absolute atomic E-state index is 0.262. The maximum atomic E-state index is 5.25. The van der Waals surface area contributed by atoms with Crippen molar-refractivity contribution in [2.75, 3.05) is 37.4 Å². The molecule has 1 saturated heterocycles. The number of ether oxygens (including phenoxy) is 1. The number of aromatic nitrogens is 4. The second-order valence-electron chi connectivity index (χ2n) is 8.45. The van der Waals surface area contributed by atoms with Crippen LogP contribution >= 0.6 is 0 Å². The van der Waals surface area contributed by atoms with E-state index in [4.69, 9.17) is 14.7 Å². The van der Waals surface area contributed by atoms with Crippen molar-refractivity contribution >= 4 is 22.9 Å². The molecule has 0 aliphatic carbocycles. The molecule has 0 saturated carbocycles. The van der Waals surface area contributed by atoms with Crippen LogP contribution in [0.3, 0.4) is 0 Å². The lowest BCUT2D eigenvalue weighted by Gasteiger charge is -2.19. The molecule has 3 heterocycles. The second-order valence-corrected chi connectivity index (χ2v) is 8.45. The van der Waals surface area contributed by atoms with Crippen LogP contribution in [0.25, 0.3) is 11.2 Å². The minimum atomic E-state index is 0.262. The summed E-state index contributed by atoms with van der Waals surface area (Å²) in [6, 6.07) is 8.27. The van der Waals surface area contributed by atoms with Crippen molar-refractivity contribution in [2.24, 2.45) is 0 Å². The Morgan fingerprint density at radius 3 is 2.66 bits per heavy atom. The Morgan fingerprint density at radius 2 is 1.97 bits per heavy atom. The SMILES string of the molecule is C=C1CCCN1CCCNc1nc(NCc2ccc(OC)cc2)c2ncn(C(C)C)c2n1. The van der Waals surface area contributed by atoms with Gasteiger partial charge in [0.1, 0.15) is 5.75 Å². The van der Waals surface area contributed by atoms with Crippen LogP contribution in [-0.4, -0.2) is 51.2 Å². The molecule has 0 spiro atoms. The summed E-state index contributed by atoms with van der Waals surface area (Å²) in [5, 5.41) is 6.86. The molecule has 2 N–H and O–H groups in total. The number of rotatable bonds is 10. The Balaban J connectivity index is 1.47. The van der Waals surface area contributed by atoms with E-state index in [9.17, 15) is 0 Å². The van der Waals surface area contributed by atoms with Gasteiger partial charge in [-0.15, -0.1) is 0 Å². The lowest BCUT2D eigenvalue weighted by Crippen LogP contribution is -2.21. The van der Waals surface area contributed by atoms with Crippen molar-refractivity contribution in [1.29, 1.82) is 0 Å². The zero-order chi connectivity index (χ0) is 22.5. The van der Waals surface area contributed by atoms with E-state index >= 15 is 0 Å². The first-order valence-electron chi connectivity index (χ1n) is 11.3. The van der Waals surface area contributed by atoms with Gasteiger partial charge < -0.3 is 24.8 Å². The zero-order valence-corrected chi connectivity index (χ0v) is 19.3. The van der Waals surface area contributed by atoms with E-state index in [0.717, 1.165) is 60.8 Å². The summed E-state index contributed by atoms with van der Waals surface area (Å²) in [5.74, 6) is 2.20. The first-order chi connectivity index (χ1) is 15.5. The van der Waals surface area contributed by atoms with Crippen molar-refractivity contribution in [3.63, 3.8) is 0 Å². The fourth-order valence-electron chi connectivity index (χ4n) is 3.96. The highest BCUT2D eigenvalue weighted by Crippen LogP contribution is 2.24. The van der Waals surface area contributed by atoms with Gasteiger partial charge in [0, 0.05) is 37.9 Å². The van der Waals surface area contributed by atoms with E-state index in [2.05, 4.69) is 45.5 Å². The van der Waals surface area contributed by atoms with Crippen LogP contribution in [0.5, 0.6) is 5.75 Å². The van der Waals surface area contributed by atoms with Crippen LogP contribution in [0.1, 0.15) is 44.7 Å². The number of nitrogens with zero attached hydrogens (tertiary/aromatic N) is 5. The van der Waals surface area contributed by atoms with E-state index in [1.165, 1.54) is 12.1 Å². The molecule has 2 aromatic heterocycles. The highest BCUT2D eigenvalue weighted by Gasteiger charge is 2.16. The number of hydrogen-bond donors (Lipinski definition) is 2. The number of nitrogens with one attached hydrogen (secondary N) is 2. The van der Waals surface area contributed by atoms with Gasteiger partial charge in [0.2, 0.25) is 5.95 Å². The van der Waals surface area contributed by atoms with Crippen LogP contribution in [0.15, 0.2) is 42.9 Å². The van der Waals surface area contributed by atoms with Crippen molar-refractivity contribution < 1.29 is 4.74 Å². The first kappa shape index (κ1) is 21.9. The van der Waals surface area contributed by atoms with Crippen LogP contribution in [0, 0.1) is 0 Å². The van der Waals surface area contributed by atoms with Crippen LogP contribution in [-0.2, 0) is 6.54 Å². The number of likely N-dealkylation sites (tertiary alicyclic amines) is 1. The number of allylic oxidation sites excluding steroid dienone is 1. The van der Waals surface area contributed by atoms with Crippen LogP contribution < -0.4 is 15.4 Å². The largest absolute Gasteiger partial charge is 0.497 e. The molecule has 3 aromatic rings. The summed E-state index contributed by atoms with van der Waals surface area (Å²) in [6.07, 6.45) is 5.19. The number of hydrogen-bond acceptors (Lipinski definition) is 7. The molecule has 1 aliphatic rings. The highest BCUT2D eigenvalue weighted by molar-refractivity contribution is 5.84. The number of imidazole rings is 1. The van der Waals surface area contributed by atoms with Crippen LogP contribution in [0.4, 0.5) is 11.8 Å². The average Bonchev–Trinajstić information content (AvgIpc) is 3.41. The third kappa shape index (κ3) is 4.95. The minimum Gasteiger partial charge on any atom is -0.497 e. The maximum Gasteiger partial charge on any atom is 0.226 e. The Labute approximate surface area is 189 Å². The summed E-state index contributed by atoms with van der Waals surface area (Å²) >= 11 is 0. The monoisotopic (exact) mass is 435 g/mol. The van der Waals surface area contributed by atoms with Gasteiger partial charge in [0.25, 0.3) is 0 Å². The summed E-state index contributed by atoms with van der Waals surface area (Å²) in [7, 11) is 1.67. The third-order valence-electron chi connectivity index (χ3n) is 5.83. The molecule has 0 unspecified atom stereocenters. The molecule has 0 amide bonds. The first-order valence-corrected chi connectivity index (χ1v) is 11.3. The second kappa shape index (κ2) is 9.89. The molecule has 0 atom stereocenters. The highest BCUT2D eigenvalue weighted by atomic mass is 16.5. The van der Waals surface area contributed by atoms with Crippen LogP contribution in [0.2, 0.25) is 0 Å². The fourth-order valence-corrected chi connectivity index (χ4v) is 3.96. The lowest BCUT2D eigenvalue weighted by atomic mass is 10.2. The molecule has 32 heavy (non-hydrogen) atoms. The average molecular weight is 436 g/mol. The molecule has 1 aliphatic heterocycles. The molecule has 0 radical (unpaired) electrons. The fraction of sp³-hybridized carbons (Fsp3) is 0.458. The summed E-state index contributed by atoms with van der Waals surface area (Å²) < 4.78 is 7.32. The number of benzene rings is 1. The van der Waals surface area contributed by atoms with Gasteiger partial charge in [0.15, 0.2) is 17.0 Å². The number of fused-ring (bicyclic) bond motifs is 1. The molecule has 1 fully saturated rings. The molecular formula is C24H33N7O. The van der Waals surface area contributed by atoms with E-state index in [0.29, 0.717) is 12.5 Å². The van der Waals surface area contributed by atoms with Crippen molar-refractivity contribution in [2.45, 2.75) is 45.7 Å². The van der Waals surface area contributed by atoms with Gasteiger partial charge >= 0.3 is 0 Å². The van der Waals surface area contributed by atoms with Crippen molar-refractivity contribution in [1.82, 2.24) is 24.4 Å². The van der Waals surface area contributed by atoms with Gasteiger partial charge in [-0.3, -0.25) is 0 Å². The maximum absolute atomic E-state index is 5.25. The molecule has 8 heteroatoms. The van der Waals surface area contributed by atoms with E-state index in [1.54, 1.807) is 7.11 Å². The third-order valence-corrected chi connectivity index (χ3v) is 5.83. The zero-order valence-electron chi connectivity index (χ0n) is 19.3. The van der Waals surface area contributed by atoms with Crippen molar-refractivity contribution in [3.8, 4) is 5.75 Å². The molecular weight excluding hydrogens is 402 g/mol. The van der Waals surface area contributed by atoms with Gasteiger partial charge in [-0.1, -0.05) is 18.7 Å². The molecule has 0 bridgehead atoms.